The number of hydrogen-bond acceptors (Lipinski definition) is 4. The van der Waals surface area contributed by atoms with Crippen LogP contribution in [0.5, 0.6) is 0 Å². The van der Waals surface area contributed by atoms with Gasteiger partial charge < -0.3 is 4.18 Å². The molecule has 0 aliphatic rings. The highest BCUT2D eigenvalue weighted by Crippen LogP contribution is 1.94. The van der Waals surface area contributed by atoms with E-state index in [1.807, 2.05) is 0 Å². The molecule has 0 N–H and O–H groups in total. The second-order valence-corrected chi connectivity index (χ2v) is 2.49. The van der Waals surface area contributed by atoms with Gasteiger partial charge in [-0.25, -0.2) is 4.18 Å². The Kier molecular flexibility index (Phi) is 3.75. The van der Waals surface area contributed by atoms with E-state index >= 15 is 0 Å². The molecule has 58 valence electrons. The molecular weight excluding hydrogens is 156 g/mol. The van der Waals surface area contributed by atoms with Gasteiger partial charge in [0.05, 0.1) is 6.61 Å². The lowest BCUT2D eigenvalue weighted by molar-refractivity contribution is 0.284. The van der Waals surface area contributed by atoms with Crippen LogP contribution in [0.4, 0.5) is 0 Å². The number of hydrogen-bond donors (Lipinski definition) is 0. The van der Waals surface area contributed by atoms with E-state index in [1.54, 1.807) is 0 Å². The molecule has 0 fully saturated rings. The minimum atomic E-state index is -3.88. The fraction of sp³-hybridized carbons (Fsp3) is 0.200. The first-order valence-electron chi connectivity index (χ1n) is 2.42. The molecule has 0 atom stereocenters. The van der Waals surface area contributed by atoms with E-state index in [2.05, 4.69) is 21.5 Å². The summed E-state index contributed by atoms with van der Waals surface area (Å²) in [7, 11) is -3.88. The summed E-state index contributed by atoms with van der Waals surface area (Å²) in [5, 5.41) is 0. The minimum Gasteiger partial charge on any atom is -0.370 e. The van der Waals surface area contributed by atoms with Crippen LogP contribution in [-0.4, -0.2) is 15.0 Å². The molecule has 4 nitrogen and oxygen atoms in total. The molecule has 0 saturated heterocycles. The molecule has 0 bridgehead atoms. The minimum absolute atomic E-state index is 0.101. The van der Waals surface area contributed by atoms with Crippen LogP contribution in [0.2, 0.25) is 0 Å². The van der Waals surface area contributed by atoms with E-state index in [0.717, 1.165) is 6.26 Å². The van der Waals surface area contributed by atoms with Crippen LogP contribution in [0.25, 0.3) is 0 Å². The molecule has 0 aromatic carbocycles. The van der Waals surface area contributed by atoms with Crippen LogP contribution in [-0.2, 0) is 18.8 Å². The van der Waals surface area contributed by atoms with E-state index in [-0.39, 0.29) is 6.61 Å². The van der Waals surface area contributed by atoms with Crippen molar-refractivity contribution in [2.75, 3.05) is 6.61 Å². The zero-order valence-electron chi connectivity index (χ0n) is 5.32. The largest absolute Gasteiger partial charge is 0.448 e. The maximum absolute atomic E-state index is 10.4. The topological polar surface area (TPSA) is 52.6 Å². The van der Waals surface area contributed by atoms with Crippen LogP contribution >= 0.6 is 0 Å². The molecule has 10 heavy (non-hydrogen) atoms. The van der Waals surface area contributed by atoms with Gasteiger partial charge in [-0.2, -0.15) is 8.42 Å². The maximum atomic E-state index is 10.4. The van der Waals surface area contributed by atoms with Gasteiger partial charge in [0.1, 0.15) is 6.26 Å². The van der Waals surface area contributed by atoms with Crippen LogP contribution in [0.3, 0.4) is 0 Å². The average molecular weight is 164 g/mol. The Labute approximate surface area is 60.1 Å². The molecule has 0 aliphatic heterocycles. The smallest absolute Gasteiger partial charge is 0.370 e. The molecule has 0 amide bonds. The fourth-order valence-electron chi connectivity index (χ4n) is 0.243. The van der Waals surface area contributed by atoms with E-state index in [9.17, 15) is 8.42 Å². The van der Waals surface area contributed by atoms with E-state index in [4.69, 9.17) is 0 Å². The Bertz CT molecular complexity index is 204. The second-order valence-electron chi connectivity index (χ2n) is 1.24. The monoisotopic (exact) mass is 164 g/mol. The van der Waals surface area contributed by atoms with Gasteiger partial charge in [-0.15, -0.1) is 6.58 Å². The van der Waals surface area contributed by atoms with Crippen molar-refractivity contribution in [2.45, 2.75) is 0 Å². The summed E-state index contributed by atoms with van der Waals surface area (Å²) in [6.45, 7) is 6.20. The maximum Gasteiger partial charge on any atom is 0.448 e. The third kappa shape index (κ3) is 4.11. The Morgan fingerprint density at radius 3 is 2.40 bits per heavy atom. The van der Waals surface area contributed by atoms with Crippen molar-refractivity contribution in [1.29, 1.82) is 0 Å². The highest BCUT2D eigenvalue weighted by Gasteiger charge is 2.07. The zero-order valence-corrected chi connectivity index (χ0v) is 6.13. The van der Waals surface area contributed by atoms with Crippen molar-refractivity contribution in [3.8, 4) is 0 Å². The predicted molar refractivity (Wildman–Crippen MR) is 36.4 cm³/mol. The first-order valence-corrected chi connectivity index (χ1v) is 3.75. The molecular formula is C5H8O4S. The van der Waals surface area contributed by atoms with Gasteiger partial charge in [0.25, 0.3) is 0 Å². The van der Waals surface area contributed by atoms with Gasteiger partial charge in [0.2, 0.25) is 0 Å². The van der Waals surface area contributed by atoms with Gasteiger partial charge in [-0.05, 0) is 0 Å². The number of rotatable bonds is 5. The van der Waals surface area contributed by atoms with Gasteiger partial charge in [-0.3, -0.25) is 0 Å². The lowest BCUT2D eigenvalue weighted by Crippen LogP contribution is -2.06. The molecule has 0 radical (unpaired) electrons. The van der Waals surface area contributed by atoms with Crippen LogP contribution < -0.4 is 0 Å². The molecule has 0 aromatic heterocycles. The Hall–Kier alpha value is -0.810. The standard InChI is InChI=1S/C5H8O4S/c1-3-5-9-10(6,7)8-4-2/h3-4H,1-2,5H2. The van der Waals surface area contributed by atoms with Crippen molar-refractivity contribution in [3.05, 3.63) is 25.5 Å². The van der Waals surface area contributed by atoms with Crippen molar-refractivity contribution in [1.82, 2.24) is 0 Å². The Balaban J connectivity index is 3.87. The second kappa shape index (κ2) is 4.08. The van der Waals surface area contributed by atoms with Crippen molar-refractivity contribution >= 4 is 10.4 Å². The van der Waals surface area contributed by atoms with Gasteiger partial charge in [-0.1, -0.05) is 12.7 Å². The summed E-state index contributed by atoms with van der Waals surface area (Å²) in [5.41, 5.74) is 0. The summed E-state index contributed by atoms with van der Waals surface area (Å²) in [4.78, 5) is 0. The summed E-state index contributed by atoms with van der Waals surface area (Å²) < 4.78 is 29.0. The Morgan fingerprint density at radius 1 is 1.40 bits per heavy atom. The van der Waals surface area contributed by atoms with Gasteiger partial charge in [0, 0.05) is 0 Å². The summed E-state index contributed by atoms with van der Waals surface area (Å²) in [6.07, 6.45) is 2.07. The lowest BCUT2D eigenvalue weighted by atomic mass is 10.7. The van der Waals surface area contributed by atoms with Crippen LogP contribution in [0.1, 0.15) is 0 Å². The Morgan fingerprint density at radius 2 is 2.00 bits per heavy atom. The first kappa shape index (κ1) is 9.19. The van der Waals surface area contributed by atoms with E-state index < -0.39 is 10.4 Å². The third-order valence-electron chi connectivity index (χ3n) is 0.516. The molecule has 0 heterocycles. The van der Waals surface area contributed by atoms with Crippen LogP contribution in [0, 0.1) is 0 Å². The fourth-order valence-corrected chi connectivity index (χ4v) is 0.728. The van der Waals surface area contributed by atoms with E-state index in [1.165, 1.54) is 6.08 Å². The molecule has 0 aliphatic carbocycles. The summed E-state index contributed by atoms with van der Waals surface area (Å²) in [6, 6.07) is 0. The first-order chi connectivity index (χ1) is 4.62. The van der Waals surface area contributed by atoms with Gasteiger partial charge >= 0.3 is 10.4 Å². The van der Waals surface area contributed by atoms with Crippen molar-refractivity contribution in [2.24, 2.45) is 0 Å². The van der Waals surface area contributed by atoms with Crippen molar-refractivity contribution < 1.29 is 16.8 Å². The molecule has 0 aromatic rings. The van der Waals surface area contributed by atoms with E-state index in [0.29, 0.717) is 0 Å². The highest BCUT2D eigenvalue weighted by atomic mass is 32.3. The van der Waals surface area contributed by atoms with Crippen LogP contribution in [0.15, 0.2) is 25.5 Å². The third-order valence-corrected chi connectivity index (χ3v) is 1.31. The summed E-state index contributed by atoms with van der Waals surface area (Å²) in [5.74, 6) is 0. The zero-order chi connectivity index (χ0) is 8.04. The normalized spacial score (nSPS) is 10.4. The molecule has 0 saturated carbocycles. The molecule has 0 unspecified atom stereocenters. The summed E-state index contributed by atoms with van der Waals surface area (Å²) >= 11 is 0. The highest BCUT2D eigenvalue weighted by molar-refractivity contribution is 7.81. The molecule has 0 rings (SSSR count). The van der Waals surface area contributed by atoms with Crippen molar-refractivity contribution in [3.63, 3.8) is 0 Å². The SMILES string of the molecule is C=CCOS(=O)(=O)OC=C. The quantitative estimate of drug-likeness (QED) is 0.441. The average Bonchev–Trinajstić information content (AvgIpc) is 1.84. The lowest BCUT2D eigenvalue weighted by Gasteiger charge is -1.98. The molecule has 5 heteroatoms. The predicted octanol–water partition coefficient (Wildman–Crippen LogP) is 0.594. The molecule has 0 spiro atoms. The van der Waals surface area contributed by atoms with Gasteiger partial charge in [0.15, 0.2) is 0 Å².